The van der Waals surface area contributed by atoms with Gasteiger partial charge < -0.3 is 4.74 Å². The van der Waals surface area contributed by atoms with Gasteiger partial charge in [0.05, 0.1) is 5.56 Å². The van der Waals surface area contributed by atoms with Crippen molar-refractivity contribution in [1.29, 1.82) is 0 Å². The van der Waals surface area contributed by atoms with Gasteiger partial charge in [-0.15, -0.1) is 0 Å². The van der Waals surface area contributed by atoms with Crippen molar-refractivity contribution in [2.45, 2.75) is 25.9 Å². The Kier molecular flexibility index (Phi) is 3.76. The molecule has 17 heavy (non-hydrogen) atoms. The summed E-state index contributed by atoms with van der Waals surface area (Å²) in [5, 5.41) is 0. The van der Waals surface area contributed by atoms with E-state index in [0.717, 1.165) is 18.4 Å². The summed E-state index contributed by atoms with van der Waals surface area (Å²) in [6.45, 7) is 1.91. The van der Waals surface area contributed by atoms with Crippen LogP contribution in [0.3, 0.4) is 0 Å². The Balaban J connectivity index is 1.99. The van der Waals surface area contributed by atoms with Gasteiger partial charge in [0.1, 0.15) is 6.10 Å². The molecule has 2 nitrogen and oxygen atoms in total. The van der Waals surface area contributed by atoms with Gasteiger partial charge in [0, 0.05) is 0 Å². The molecule has 2 rings (SSSR count). The van der Waals surface area contributed by atoms with Crippen molar-refractivity contribution < 1.29 is 9.53 Å². The summed E-state index contributed by atoms with van der Waals surface area (Å²) >= 11 is 0. The zero-order chi connectivity index (χ0) is 12.1. The number of carbonyl (C=O) groups excluding carboxylic acids is 1. The molecule has 0 amide bonds. The highest BCUT2D eigenvalue weighted by Crippen LogP contribution is 2.16. The third-order valence-electron chi connectivity index (χ3n) is 2.79. The Labute approximate surface area is 102 Å². The molecular formula is C15H16O2. The van der Waals surface area contributed by atoms with E-state index >= 15 is 0 Å². The van der Waals surface area contributed by atoms with Crippen molar-refractivity contribution in [1.82, 2.24) is 0 Å². The Morgan fingerprint density at radius 3 is 2.65 bits per heavy atom. The van der Waals surface area contributed by atoms with E-state index in [2.05, 4.69) is 12.2 Å². The normalized spacial score (nSPS) is 16.2. The van der Waals surface area contributed by atoms with Crippen molar-refractivity contribution in [2.24, 2.45) is 0 Å². The number of benzene rings is 1. The first-order chi connectivity index (χ1) is 8.27. The van der Waals surface area contributed by atoms with E-state index in [9.17, 15) is 4.79 Å². The maximum absolute atomic E-state index is 11.8. The third-order valence-corrected chi connectivity index (χ3v) is 2.79. The van der Waals surface area contributed by atoms with Crippen LogP contribution < -0.4 is 0 Å². The van der Waals surface area contributed by atoms with Crippen LogP contribution in [0.5, 0.6) is 0 Å². The number of hydrogen-bond acceptors (Lipinski definition) is 2. The summed E-state index contributed by atoms with van der Waals surface area (Å²) in [4.78, 5) is 11.8. The zero-order valence-electron chi connectivity index (χ0n) is 9.93. The minimum absolute atomic E-state index is 0.181. The molecule has 0 N–H and O–H groups in total. The molecule has 88 valence electrons. The van der Waals surface area contributed by atoms with Gasteiger partial charge in [0.2, 0.25) is 0 Å². The smallest absolute Gasteiger partial charge is 0.338 e. The topological polar surface area (TPSA) is 26.3 Å². The van der Waals surface area contributed by atoms with Crippen LogP contribution in [-0.2, 0) is 4.74 Å². The fourth-order valence-corrected chi connectivity index (χ4v) is 1.81. The molecular weight excluding hydrogens is 212 g/mol. The molecule has 1 aromatic rings. The highest BCUT2D eigenvalue weighted by molar-refractivity contribution is 5.89. The molecule has 0 bridgehead atoms. The number of allylic oxidation sites excluding steroid dienone is 2. The fourth-order valence-electron chi connectivity index (χ4n) is 1.81. The Hall–Kier alpha value is -1.83. The van der Waals surface area contributed by atoms with Crippen molar-refractivity contribution in [3.8, 4) is 0 Å². The SMILES string of the molecule is CC(OC(=O)c1ccccc1)C1=CCCC=C1. The quantitative estimate of drug-likeness (QED) is 0.740. The van der Waals surface area contributed by atoms with Gasteiger partial charge >= 0.3 is 5.97 Å². The van der Waals surface area contributed by atoms with Crippen LogP contribution in [0, 0.1) is 0 Å². The van der Waals surface area contributed by atoms with Gasteiger partial charge in [-0.05, 0) is 37.5 Å². The van der Waals surface area contributed by atoms with E-state index in [4.69, 9.17) is 4.74 Å². The first-order valence-corrected chi connectivity index (χ1v) is 5.90. The summed E-state index contributed by atoms with van der Waals surface area (Å²) in [6.07, 6.45) is 8.19. The van der Waals surface area contributed by atoms with Crippen molar-refractivity contribution in [3.05, 3.63) is 59.7 Å². The number of carbonyl (C=O) groups is 1. The summed E-state index contributed by atoms with van der Waals surface area (Å²) in [5.41, 5.74) is 1.68. The second-order valence-corrected chi connectivity index (χ2v) is 4.10. The minimum atomic E-state index is -0.266. The number of ether oxygens (including phenoxy) is 1. The lowest BCUT2D eigenvalue weighted by Crippen LogP contribution is -2.17. The molecule has 0 saturated heterocycles. The van der Waals surface area contributed by atoms with Crippen molar-refractivity contribution >= 4 is 5.97 Å². The maximum atomic E-state index is 11.8. The van der Waals surface area contributed by atoms with Crippen molar-refractivity contribution in [3.63, 3.8) is 0 Å². The summed E-state index contributed by atoms with van der Waals surface area (Å²) in [6, 6.07) is 9.08. The maximum Gasteiger partial charge on any atom is 0.338 e. The molecule has 0 spiro atoms. The lowest BCUT2D eigenvalue weighted by Gasteiger charge is -2.16. The lowest BCUT2D eigenvalue weighted by molar-refractivity contribution is 0.0411. The molecule has 1 atom stereocenters. The van der Waals surface area contributed by atoms with Crippen LogP contribution in [-0.4, -0.2) is 12.1 Å². The number of esters is 1. The third kappa shape index (κ3) is 3.06. The van der Waals surface area contributed by atoms with E-state index < -0.39 is 0 Å². The second-order valence-electron chi connectivity index (χ2n) is 4.10. The van der Waals surface area contributed by atoms with Crippen LogP contribution >= 0.6 is 0 Å². The average molecular weight is 228 g/mol. The van der Waals surface area contributed by atoms with E-state index in [1.165, 1.54) is 0 Å². The molecule has 0 heterocycles. The van der Waals surface area contributed by atoms with Gasteiger partial charge in [-0.1, -0.05) is 36.4 Å². The molecule has 0 saturated carbocycles. The van der Waals surface area contributed by atoms with Gasteiger partial charge in [0.15, 0.2) is 0 Å². The first-order valence-electron chi connectivity index (χ1n) is 5.90. The molecule has 1 aromatic carbocycles. The molecule has 1 aliphatic carbocycles. The molecule has 1 aliphatic rings. The highest BCUT2D eigenvalue weighted by atomic mass is 16.5. The lowest BCUT2D eigenvalue weighted by atomic mass is 10.0. The van der Waals surface area contributed by atoms with Crippen LogP contribution in [0.15, 0.2) is 54.1 Å². The molecule has 0 fully saturated rings. The zero-order valence-corrected chi connectivity index (χ0v) is 9.93. The average Bonchev–Trinajstić information content (AvgIpc) is 2.40. The van der Waals surface area contributed by atoms with Gasteiger partial charge in [-0.25, -0.2) is 4.79 Å². The highest BCUT2D eigenvalue weighted by Gasteiger charge is 2.14. The van der Waals surface area contributed by atoms with Crippen LogP contribution in [0.4, 0.5) is 0 Å². The number of rotatable bonds is 3. The van der Waals surface area contributed by atoms with Crippen LogP contribution in [0.2, 0.25) is 0 Å². The van der Waals surface area contributed by atoms with E-state index in [1.807, 2.05) is 31.2 Å². The fraction of sp³-hybridized carbons (Fsp3) is 0.267. The van der Waals surface area contributed by atoms with E-state index in [-0.39, 0.29) is 12.1 Å². The Morgan fingerprint density at radius 2 is 2.00 bits per heavy atom. The van der Waals surface area contributed by atoms with Gasteiger partial charge in [0.25, 0.3) is 0 Å². The molecule has 0 radical (unpaired) electrons. The molecule has 1 unspecified atom stereocenters. The molecule has 2 heteroatoms. The predicted molar refractivity (Wildman–Crippen MR) is 67.8 cm³/mol. The largest absolute Gasteiger partial charge is 0.454 e. The monoisotopic (exact) mass is 228 g/mol. The molecule has 0 aromatic heterocycles. The Morgan fingerprint density at radius 1 is 1.24 bits per heavy atom. The Bertz CT molecular complexity index is 443. The summed E-state index contributed by atoms with van der Waals surface area (Å²) in [7, 11) is 0. The summed E-state index contributed by atoms with van der Waals surface area (Å²) in [5.74, 6) is -0.266. The second kappa shape index (κ2) is 5.48. The van der Waals surface area contributed by atoms with Crippen molar-refractivity contribution in [2.75, 3.05) is 0 Å². The van der Waals surface area contributed by atoms with E-state index in [0.29, 0.717) is 5.56 Å². The van der Waals surface area contributed by atoms with Crippen LogP contribution in [0.25, 0.3) is 0 Å². The van der Waals surface area contributed by atoms with E-state index in [1.54, 1.807) is 12.1 Å². The molecule has 0 aliphatic heterocycles. The number of hydrogen-bond donors (Lipinski definition) is 0. The minimum Gasteiger partial charge on any atom is -0.454 e. The standard InChI is InChI=1S/C15H16O2/c1-12(13-8-4-2-5-9-13)17-15(16)14-10-6-3-7-11-14/h3-4,6-12H,2,5H2,1H3. The first kappa shape index (κ1) is 11.6. The van der Waals surface area contributed by atoms with Crippen LogP contribution in [0.1, 0.15) is 30.1 Å². The van der Waals surface area contributed by atoms with Gasteiger partial charge in [-0.2, -0.15) is 0 Å². The summed E-state index contributed by atoms with van der Waals surface area (Å²) < 4.78 is 5.42. The van der Waals surface area contributed by atoms with Gasteiger partial charge in [-0.3, -0.25) is 0 Å². The predicted octanol–water partition coefficient (Wildman–Crippen LogP) is 3.51.